The Morgan fingerprint density at radius 2 is 2.14 bits per heavy atom. The minimum absolute atomic E-state index is 0.270. The fraction of sp³-hybridized carbons (Fsp3) is 0.778. The maximum absolute atomic E-state index is 11.5. The van der Waals surface area contributed by atoms with Crippen LogP contribution in [0.15, 0.2) is 0 Å². The van der Waals surface area contributed by atoms with E-state index in [-0.39, 0.29) is 6.04 Å². The first-order valence-electron chi connectivity index (χ1n) is 5.02. The summed E-state index contributed by atoms with van der Waals surface area (Å²) in [6.07, 6.45) is 3.96. The molecule has 5 heteroatoms. The molecule has 0 atom stereocenters. The molecular formula is C9H17N3O2. The smallest absolute Gasteiger partial charge is 0.323 e. The zero-order valence-electron chi connectivity index (χ0n) is 8.45. The molecule has 1 aliphatic carbocycles. The van der Waals surface area contributed by atoms with Gasteiger partial charge in [-0.2, -0.15) is 0 Å². The number of nitrogens with one attached hydrogen (secondary N) is 1. The van der Waals surface area contributed by atoms with Crippen molar-refractivity contribution in [3.8, 4) is 0 Å². The van der Waals surface area contributed by atoms with E-state index in [1.165, 1.54) is 0 Å². The first kappa shape index (κ1) is 11.0. The van der Waals surface area contributed by atoms with Crippen molar-refractivity contribution in [3.05, 3.63) is 0 Å². The van der Waals surface area contributed by atoms with E-state index in [0.29, 0.717) is 6.54 Å². The van der Waals surface area contributed by atoms with Crippen LogP contribution in [0, 0.1) is 0 Å². The van der Waals surface area contributed by atoms with E-state index in [2.05, 4.69) is 6.92 Å². The molecule has 0 radical (unpaired) electrons. The second kappa shape index (κ2) is 4.95. The molecule has 1 rings (SSSR count). The Morgan fingerprint density at radius 3 is 2.57 bits per heavy atom. The van der Waals surface area contributed by atoms with Gasteiger partial charge in [-0.05, 0) is 19.3 Å². The van der Waals surface area contributed by atoms with Crippen molar-refractivity contribution in [3.63, 3.8) is 0 Å². The van der Waals surface area contributed by atoms with E-state index in [0.717, 1.165) is 25.7 Å². The second-order valence-corrected chi connectivity index (χ2v) is 3.56. The molecule has 0 spiro atoms. The highest BCUT2D eigenvalue weighted by Crippen LogP contribution is 2.27. The quantitative estimate of drug-likeness (QED) is 0.284. The average Bonchev–Trinajstić information content (AvgIpc) is 3.01. The van der Waals surface area contributed by atoms with E-state index >= 15 is 0 Å². The van der Waals surface area contributed by atoms with E-state index in [1.54, 1.807) is 4.90 Å². The SMILES string of the molecule is CCCCN(C(=O)C(=O)NN)C1CC1. The summed E-state index contributed by atoms with van der Waals surface area (Å²) in [4.78, 5) is 24.1. The van der Waals surface area contributed by atoms with Crippen molar-refractivity contribution < 1.29 is 9.59 Å². The first-order valence-corrected chi connectivity index (χ1v) is 5.02. The van der Waals surface area contributed by atoms with E-state index in [9.17, 15) is 9.59 Å². The summed E-state index contributed by atoms with van der Waals surface area (Å²) in [5.74, 6) is 3.70. The maximum atomic E-state index is 11.5. The number of hydrogen-bond donors (Lipinski definition) is 2. The summed E-state index contributed by atoms with van der Waals surface area (Å²) < 4.78 is 0. The maximum Gasteiger partial charge on any atom is 0.323 e. The van der Waals surface area contributed by atoms with E-state index < -0.39 is 11.8 Å². The second-order valence-electron chi connectivity index (χ2n) is 3.56. The highest BCUT2D eigenvalue weighted by Gasteiger charge is 2.34. The van der Waals surface area contributed by atoms with Crippen molar-refractivity contribution in [1.29, 1.82) is 0 Å². The number of carbonyl (C=O) groups is 2. The van der Waals surface area contributed by atoms with Gasteiger partial charge in [-0.15, -0.1) is 0 Å². The minimum Gasteiger partial charge on any atom is -0.331 e. The lowest BCUT2D eigenvalue weighted by Crippen LogP contribution is -2.46. The fourth-order valence-corrected chi connectivity index (χ4v) is 1.36. The minimum atomic E-state index is -0.715. The standard InChI is InChI=1S/C9H17N3O2/c1-2-3-6-12(7-4-5-7)9(14)8(13)11-10/h7H,2-6,10H2,1H3,(H,11,13). The highest BCUT2D eigenvalue weighted by molar-refractivity contribution is 6.34. The Balaban J connectivity index is 2.48. The third-order valence-electron chi connectivity index (χ3n) is 2.33. The lowest BCUT2D eigenvalue weighted by molar-refractivity contribution is -0.146. The van der Waals surface area contributed by atoms with Crippen LogP contribution in [0.5, 0.6) is 0 Å². The molecule has 0 heterocycles. The summed E-state index contributed by atoms with van der Waals surface area (Å²) in [7, 11) is 0. The Hall–Kier alpha value is -1.10. The molecule has 0 aliphatic heterocycles. The number of amides is 2. The molecule has 1 fully saturated rings. The van der Waals surface area contributed by atoms with Crippen molar-refractivity contribution in [2.75, 3.05) is 6.54 Å². The van der Waals surface area contributed by atoms with Gasteiger partial charge in [0.05, 0.1) is 0 Å². The van der Waals surface area contributed by atoms with E-state index in [1.807, 2.05) is 5.43 Å². The third kappa shape index (κ3) is 2.70. The van der Waals surface area contributed by atoms with Gasteiger partial charge in [0.1, 0.15) is 0 Å². The van der Waals surface area contributed by atoms with Crippen molar-refractivity contribution in [2.45, 2.75) is 38.6 Å². The van der Waals surface area contributed by atoms with Crippen LogP contribution >= 0.6 is 0 Å². The fourth-order valence-electron chi connectivity index (χ4n) is 1.36. The molecule has 2 amide bonds. The highest BCUT2D eigenvalue weighted by atomic mass is 16.2. The Morgan fingerprint density at radius 1 is 1.50 bits per heavy atom. The molecule has 0 bridgehead atoms. The van der Waals surface area contributed by atoms with Gasteiger partial charge < -0.3 is 4.90 Å². The summed E-state index contributed by atoms with van der Waals surface area (Å²) in [6.45, 7) is 2.71. The number of carbonyl (C=O) groups excluding carboxylic acids is 2. The summed E-state index contributed by atoms with van der Waals surface area (Å²) in [5, 5.41) is 0. The van der Waals surface area contributed by atoms with Gasteiger partial charge in [-0.25, -0.2) is 5.84 Å². The van der Waals surface area contributed by atoms with Crippen LogP contribution in [0.2, 0.25) is 0 Å². The average molecular weight is 199 g/mol. The van der Waals surface area contributed by atoms with Crippen LogP contribution in [-0.2, 0) is 9.59 Å². The topological polar surface area (TPSA) is 75.4 Å². The number of rotatable bonds is 4. The molecule has 0 aromatic rings. The van der Waals surface area contributed by atoms with Gasteiger partial charge >= 0.3 is 11.8 Å². The van der Waals surface area contributed by atoms with Gasteiger partial charge in [-0.3, -0.25) is 15.0 Å². The summed E-state index contributed by atoms with van der Waals surface area (Å²) in [6, 6.07) is 0.270. The zero-order valence-corrected chi connectivity index (χ0v) is 8.45. The number of hydrogen-bond acceptors (Lipinski definition) is 3. The van der Waals surface area contributed by atoms with Gasteiger partial charge in [0, 0.05) is 12.6 Å². The number of hydrazine groups is 1. The summed E-state index contributed by atoms with van der Waals surface area (Å²) >= 11 is 0. The molecular weight excluding hydrogens is 182 g/mol. The molecule has 0 aromatic carbocycles. The molecule has 0 unspecified atom stereocenters. The Bertz CT molecular complexity index is 226. The molecule has 1 aliphatic rings. The van der Waals surface area contributed by atoms with Crippen LogP contribution < -0.4 is 11.3 Å². The van der Waals surface area contributed by atoms with Gasteiger partial charge in [0.25, 0.3) is 0 Å². The third-order valence-corrected chi connectivity index (χ3v) is 2.33. The monoisotopic (exact) mass is 199 g/mol. The van der Waals surface area contributed by atoms with E-state index in [4.69, 9.17) is 5.84 Å². The van der Waals surface area contributed by atoms with Gasteiger partial charge in [-0.1, -0.05) is 13.3 Å². The van der Waals surface area contributed by atoms with Crippen LogP contribution in [0.1, 0.15) is 32.6 Å². The zero-order chi connectivity index (χ0) is 10.6. The molecule has 0 saturated heterocycles. The van der Waals surface area contributed by atoms with Crippen molar-refractivity contribution in [1.82, 2.24) is 10.3 Å². The molecule has 3 N–H and O–H groups in total. The van der Waals surface area contributed by atoms with Crippen molar-refractivity contribution >= 4 is 11.8 Å². The lowest BCUT2D eigenvalue weighted by atomic mass is 10.3. The summed E-state index contributed by atoms with van der Waals surface area (Å²) in [5.41, 5.74) is 1.87. The van der Waals surface area contributed by atoms with Crippen LogP contribution in [0.3, 0.4) is 0 Å². The van der Waals surface area contributed by atoms with Gasteiger partial charge in [0.15, 0.2) is 0 Å². The van der Waals surface area contributed by atoms with Crippen LogP contribution in [-0.4, -0.2) is 29.3 Å². The van der Waals surface area contributed by atoms with Crippen LogP contribution in [0.25, 0.3) is 0 Å². The normalized spacial score (nSPS) is 15.0. The van der Waals surface area contributed by atoms with Crippen LogP contribution in [0.4, 0.5) is 0 Å². The number of unbranched alkanes of at least 4 members (excludes halogenated alkanes) is 1. The Kier molecular flexibility index (Phi) is 3.88. The van der Waals surface area contributed by atoms with Crippen molar-refractivity contribution in [2.24, 2.45) is 5.84 Å². The molecule has 14 heavy (non-hydrogen) atoms. The number of nitrogens with two attached hydrogens (primary N) is 1. The predicted molar refractivity (Wildman–Crippen MR) is 52.0 cm³/mol. The molecule has 1 saturated carbocycles. The van der Waals surface area contributed by atoms with Gasteiger partial charge in [0.2, 0.25) is 0 Å². The first-order chi connectivity index (χ1) is 6.70. The predicted octanol–water partition coefficient (Wildman–Crippen LogP) is -0.233. The molecule has 80 valence electrons. The molecule has 5 nitrogen and oxygen atoms in total. The molecule has 0 aromatic heterocycles. The largest absolute Gasteiger partial charge is 0.331 e. The Labute approximate surface area is 83.6 Å². The number of nitrogens with zero attached hydrogens (tertiary/aromatic N) is 1. The lowest BCUT2D eigenvalue weighted by Gasteiger charge is -2.20.